The van der Waals surface area contributed by atoms with Crippen LogP contribution in [0.4, 0.5) is 5.69 Å². The van der Waals surface area contributed by atoms with Crippen LogP contribution in [-0.4, -0.2) is 55.3 Å². The van der Waals surface area contributed by atoms with Gasteiger partial charge in [-0.2, -0.15) is 0 Å². The molecule has 0 N–H and O–H groups in total. The van der Waals surface area contributed by atoms with Crippen molar-refractivity contribution in [3.8, 4) is 0 Å². The van der Waals surface area contributed by atoms with E-state index in [4.69, 9.17) is 4.74 Å². The van der Waals surface area contributed by atoms with E-state index in [1.807, 2.05) is 17.0 Å². The van der Waals surface area contributed by atoms with Gasteiger partial charge in [0.2, 0.25) is 5.91 Å². The Morgan fingerprint density at radius 3 is 2.34 bits per heavy atom. The maximum atomic E-state index is 12.5. The average molecular weight is 413 g/mol. The Bertz CT molecular complexity index is 830. The number of carbonyl (C=O) groups is 2. The molecule has 29 heavy (non-hydrogen) atoms. The lowest BCUT2D eigenvalue weighted by molar-refractivity contribution is -0.128. The second-order valence-corrected chi connectivity index (χ2v) is 8.05. The molecule has 2 aromatic carbocycles. The van der Waals surface area contributed by atoms with Crippen LogP contribution in [0.5, 0.6) is 0 Å². The summed E-state index contributed by atoms with van der Waals surface area (Å²) in [6.07, 6.45) is 0. The van der Waals surface area contributed by atoms with E-state index in [0.717, 1.165) is 37.5 Å². The number of hydrogen-bond acceptors (Lipinski definition) is 5. The Hall–Kier alpha value is -2.47. The van der Waals surface area contributed by atoms with Gasteiger partial charge in [-0.1, -0.05) is 30.3 Å². The third-order valence-corrected chi connectivity index (χ3v) is 6.04. The molecule has 0 bridgehead atoms. The monoisotopic (exact) mass is 412 g/mol. The average Bonchev–Trinajstić information content (AvgIpc) is 2.75. The molecule has 1 aliphatic rings. The molecule has 2 aromatic rings. The van der Waals surface area contributed by atoms with E-state index in [-0.39, 0.29) is 11.9 Å². The van der Waals surface area contributed by atoms with Crippen molar-refractivity contribution in [3.05, 3.63) is 65.2 Å². The van der Waals surface area contributed by atoms with Gasteiger partial charge in [-0.05, 0) is 43.2 Å². The number of esters is 1. The molecule has 0 aromatic heterocycles. The number of piperazine rings is 1. The number of aryl methyl sites for hydroxylation is 1. The summed E-state index contributed by atoms with van der Waals surface area (Å²) in [5.74, 6) is 1.12. The van der Waals surface area contributed by atoms with Crippen LogP contribution in [0.15, 0.2) is 48.5 Å². The molecular weight excluding hydrogens is 384 g/mol. The van der Waals surface area contributed by atoms with Crippen molar-refractivity contribution in [3.63, 3.8) is 0 Å². The molecule has 0 atom stereocenters. The second kappa shape index (κ2) is 10.3. The van der Waals surface area contributed by atoms with Gasteiger partial charge in [-0.15, -0.1) is 11.8 Å². The largest absolute Gasteiger partial charge is 0.462 e. The van der Waals surface area contributed by atoms with Crippen molar-refractivity contribution in [2.24, 2.45) is 0 Å². The molecule has 1 fully saturated rings. The number of nitrogens with zero attached hydrogens (tertiary/aromatic N) is 2. The fourth-order valence-electron chi connectivity index (χ4n) is 3.41. The summed E-state index contributed by atoms with van der Waals surface area (Å²) < 4.78 is 4.99. The number of benzene rings is 2. The molecule has 0 unspecified atom stereocenters. The third-order valence-electron chi connectivity index (χ3n) is 5.05. The van der Waals surface area contributed by atoms with Gasteiger partial charge in [0.05, 0.1) is 17.9 Å². The zero-order chi connectivity index (χ0) is 20.6. The molecule has 5 nitrogen and oxygen atoms in total. The number of hydrogen-bond donors (Lipinski definition) is 0. The zero-order valence-electron chi connectivity index (χ0n) is 17.1. The minimum Gasteiger partial charge on any atom is -0.462 e. The Kier molecular flexibility index (Phi) is 7.58. The molecule has 1 amide bonds. The first kappa shape index (κ1) is 21.2. The van der Waals surface area contributed by atoms with Gasteiger partial charge in [0, 0.05) is 37.6 Å². The number of ether oxygens (including phenoxy) is 1. The van der Waals surface area contributed by atoms with E-state index in [9.17, 15) is 9.59 Å². The van der Waals surface area contributed by atoms with Crippen LogP contribution in [0.2, 0.25) is 0 Å². The van der Waals surface area contributed by atoms with Crippen molar-refractivity contribution >= 4 is 29.3 Å². The smallest absolute Gasteiger partial charge is 0.338 e. The van der Waals surface area contributed by atoms with Crippen LogP contribution in [0.25, 0.3) is 0 Å². The highest BCUT2D eigenvalue weighted by molar-refractivity contribution is 7.99. The van der Waals surface area contributed by atoms with E-state index >= 15 is 0 Å². The van der Waals surface area contributed by atoms with Crippen LogP contribution < -0.4 is 4.90 Å². The maximum Gasteiger partial charge on any atom is 0.338 e. The minimum absolute atomic E-state index is 0.197. The van der Waals surface area contributed by atoms with E-state index in [2.05, 4.69) is 36.1 Å². The normalized spacial score (nSPS) is 14.0. The number of para-hydroxylation sites is 1. The van der Waals surface area contributed by atoms with E-state index in [1.54, 1.807) is 30.8 Å². The summed E-state index contributed by atoms with van der Waals surface area (Å²) >= 11 is 1.61. The molecule has 3 rings (SSSR count). The van der Waals surface area contributed by atoms with Gasteiger partial charge in [0.25, 0.3) is 0 Å². The Morgan fingerprint density at radius 2 is 1.69 bits per heavy atom. The fourth-order valence-corrected chi connectivity index (χ4v) is 4.30. The first-order chi connectivity index (χ1) is 14.1. The van der Waals surface area contributed by atoms with Crippen LogP contribution >= 0.6 is 11.8 Å². The first-order valence-electron chi connectivity index (χ1n) is 10.0. The number of thioether (sulfide) groups is 1. The highest BCUT2D eigenvalue weighted by atomic mass is 32.2. The molecule has 0 spiro atoms. The number of amides is 1. The van der Waals surface area contributed by atoms with Crippen LogP contribution in [0, 0.1) is 6.92 Å². The van der Waals surface area contributed by atoms with E-state index in [1.165, 1.54) is 11.3 Å². The van der Waals surface area contributed by atoms with Gasteiger partial charge in [0.15, 0.2) is 0 Å². The molecule has 1 heterocycles. The molecule has 6 heteroatoms. The summed E-state index contributed by atoms with van der Waals surface area (Å²) in [4.78, 5) is 28.5. The molecule has 0 radical (unpaired) electrons. The standard InChI is InChI=1S/C23H28N2O3S/c1-3-28-23(27)20-10-8-19(9-11-20)16-29-17-22(26)25-14-12-24(13-15-25)21-7-5-4-6-18(21)2/h4-11H,3,12-17H2,1-2H3. The van der Waals surface area contributed by atoms with Gasteiger partial charge < -0.3 is 14.5 Å². The highest BCUT2D eigenvalue weighted by Crippen LogP contribution is 2.21. The summed E-state index contributed by atoms with van der Waals surface area (Å²) in [7, 11) is 0. The van der Waals surface area contributed by atoms with Crippen molar-refractivity contribution in [2.75, 3.05) is 43.4 Å². The quantitative estimate of drug-likeness (QED) is 0.648. The van der Waals surface area contributed by atoms with Crippen molar-refractivity contribution in [1.29, 1.82) is 0 Å². The molecule has 1 aliphatic heterocycles. The number of anilines is 1. The topological polar surface area (TPSA) is 49.9 Å². The van der Waals surface area contributed by atoms with Gasteiger partial charge in [-0.3, -0.25) is 4.79 Å². The minimum atomic E-state index is -0.299. The predicted octanol–water partition coefficient (Wildman–Crippen LogP) is 3.75. The molecular formula is C23H28N2O3S. The summed E-state index contributed by atoms with van der Waals surface area (Å²) in [5.41, 5.74) is 4.19. The Morgan fingerprint density at radius 1 is 1.00 bits per heavy atom. The lowest BCUT2D eigenvalue weighted by Gasteiger charge is -2.36. The van der Waals surface area contributed by atoms with Gasteiger partial charge in [-0.25, -0.2) is 4.79 Å². The molecule has 0 saturated carbocycles. The number of carbonyl (C=O) groups excluding carboxylic acids is 2. The van der Waals surface area contributed by atoms with Gasteiger partial charge in [0.1, 0.15) is 0 Å². The summed E-state index contributed by atoms with van der Waals surface area (Å²) in [6, 6.07) is 15.8. The van der Waals surface area contributed by atoms with E-state index < -0.39 is 0 Å². The lowest BCUT2D eigenvalue weighted by Crippen LogP contribution is -2.49. The third kappa shape index (κ3) is 5.76. The van der Waals surface area contributed by atoms with Crippen LogP contribution in [0.3, 0.4) is 0 Å². The van der Waals surface area contributed by atoms with Crippen molar-refractivity contribution in [2.45, 2.75) is 19.6 Å². The highest BCUT2D eigenvalue weighted by Gasteiger charge is 2.21. The fraction of sp³-hybridized carbons (Fsp3) is 0.391. The van der Waals surface area contributed by atoms with E-state index in [0.29, 0.717) is 17.9 Å². The van der Waals surface area contributed by atoms with Crippen molar-refractivity contribution < 1.29 is 14.3 Å². The second-order valence-electron chi connectivity index (χ2n) is 7.06. The lowest BCUT2D eigenvalue weighted by atomic mass is 10.1. The zero-order valence-corrected chi connectivity index (χ0v) is 17.9. The SMILES string of the molecule is CCOC(=O)c1ccc(CSCC(=O)N2CCN(c3ccccc3C)CC2)cc1. The summed E-state index contributed by atoms with van der Waals surface area (Å²) in [6.45, 7) is 7.57. The number of rotatable bonds is 7. The summed E-state index contributed by atoms with van der Waals surface area (Å²) in [5, 5.41) is 0. The Labute approximate surface area is 177 Å². The first-order valence-corrected chi connectivity index (χ1v) is 11.2. The van der Waals surface area contributed by atoms with Gasteiger partial charge >= 0.3 is 5.97 Å². The maximum absolute atomic E-state index is 12.5. The molecule has 0 aliphatic carbocycles. The van der Waals surface area contributed by atoms with Crippen LogP contribution in [-0.2, 0) is 15.3 Å². The Balaban J connectivity index is 1.41. The molecule has 154 valence electrons. The van der Waals surface area contributed by atoms with Crippen LogP contribution in [0.1, 0.15) is 28.4 Å². The predicted molar refractivity (Wildman–Crippen MR) is 119 cm³/mol. The van der Waals surface area contributed by atoms with Crippen molar-refractivity contribution in [1.82, 2.24) is 4.90 Å². The molecule has 1 saturated heterocycles.